The van der Waals surface area contributed by atoms with Crippen molar-refractivity contribution in [1.82, 2.24) is 10.3 Å². The predicted octanol–water partition coefficient (Wildman–Crippen LogP) is 1.53. The summed E-state index contributed by atoms with van der Waals surface area (Å²) in [6, 6.07) is 7.83. The van der Waals surface area contributed by atoms with Gasteiger partial charge in [-0.1, -0.05) is 12.1 Å². The Balaban J connectivity index is 1.70. The molecule has 1 heterocycles. The number of carbonyl (C=O) groups is 2. The number of aromatic nitrogens is 1. The van der Waals surface area contributed by atoms with Gasteiger partial charge in [-0.25, -0.2) is 4.98 Å². The summed E-state index contributed by atoms with van der Waals surface area (Å²) < 4.78 is 10.8. The second kappa shape index (κ2) is 8.45. The molecule has 0 aliphatic carbocycles. The highest BCUT2D eigenvalue weighted by molar-refractivity contribution is 7.18. The zero-order valence-corrected chi connectivity index (χ0v) is 13.1. The average Bonchev–Trinajstić information content (AvgIpc) is 2.94. The minimum Gasteiger partial charge on any atom is -0.456 e. The second-order valence-corrected chi connectivity index (χ2v) is 5.69. The third-order valence-corrected chi connectivity index (χ3v) is 3.97. The van der Waals surface area contributed by atoms with Crippen molar-refractivity contribution in [2.24, 2.45) is 0 Å². The summed E-state index contributed by atoms with van der Waals surface area (Å²) in [6.07, 6.45) is 0.731. The van der Waals surface area contributed by atoms with Gasteiger partial charge >= 0.3 is 5.97 Å². The van der Waals surface area contributed by atoms with Crippen LogP contribution in [0.3, 0.4) is 0 Å². The van der Waals surface area contributed by atoms with E-state index in [2.05, 4.69) is 10.3 Å². The summed E-state index contributed by atoms with van der Waals surface area (Å²) in [5, 5.41) is 3.47. The molecule has 1 amide bonds. The molecule has 0 saturated heterocycles. The van der Waals surface area contributed by atoms with Crippen LogP contribution in [0.25, 0.3) is 10.2 Å². The molecule has 0 unspecified atom stereocenters. The monoisotopic (exact) mass is 322 g/mol. The molecule has 0 saturated carbocycles. The van der Waals surface area contributed by atoms with Gasteiger partial charge in [0.25, 0.3) is 5.91 Å². The van der Waals surface area contributed by atoms with Gasteiger partial charge in [-0.15, -0.1) is 11.3 Å². The summed E-state index contributed by atoms with van der Waals surface area (Å²) in [5.41, 5.74) is 0.938. The number of hydrogen-bond donors (Lipinski definition) is 1. The van der Waals surface area contributed by atoms with E-state index in [-0.39, 0.29) is 18.9 Å². The van der Waals surface area contributed by atoms with E-state index in [4.69, 9.17) is 9.47 Å². The van der Waals surface area contributed by atoms with Gasteiger partial charge in [-0.05, 0) is 12.1 Å². The maximum Gasteiger partial charge on any atom is 0.306 e. The average molecular weight is 322 g/mol. The minimum absolute atomic E-state index is 0.213. The molecule has 1 N–H and O–H groups in total. The molecule has 6 nitrogen and oxygen atoms in total. The lowest BCUT2D eigenvalue weighted by atomic mass is 10.3. The Bertz CT molecular complexity index is 608. The number of rotatable bonds is 8. The van der Waals surface area contributed by atoms with Crippen LogP contribution in [0.1, 0.15) is 11.4 Å². The number of aryl methyl sites for hydroxylation is 1. The first kappa shape index (κ1) is 16.4. The lowest BCUT2D eigenvalue weighted by Gasteiger charge is -2.05. The summed E-state index contributed by atoms with van der Waals surface area (Å²) in [5.74, 6) is -0.730. The fourth-order valence-electron chi connectivity index (χ4n) is 1.80. The van der Waals surface area contributed by atoms with Gasteiger partial charge in [0, 0.05) is 20.1 Å². The number of esters is 1. The van der Waals surface area contributed by atoms with E-state index in [1.165, 1.54) is 0 Å². The molecule has 0 spiro atoms. The molecule has 0 fully saturated rings. The Labute approximate surface area is 132 Å². The number of fused-ring (bicyclic) bond motifs is 1. The quantitative estimate of drug-likeness (QED) is 0.589. The van der Waals surface area contributed by atoms with E-state index in [0.29, 0.717) is 19.6 Å². The van der Waals surface area contributed by atoms with Crippen LogP contribution in [-0.4, -0.2) is 43.7 Å². The number of nitrogens with one attached hydrogen (secondary N) is 1. The van der Waals surface area contributed by atoms with Crippen LogP contribution < -0.4 is 5.32 Å². The molecule has 0 aliphatic heterocycles. The van der Waals surface area contributed by atoms with Crippen LogP contribution in [0, 0.1) is 0 Å². The Kier molecular flexibility index (Phi) is 6.29. The smallest absolute Gasteiger partial charge is 0.306 e. The van der Waals surface area contributed by atoms with Crippen molar-refractivity contribution >= 4 is 33.4 Å². The zero-order chi connectivity index (χ0) is 15.8. The predicted molar refractivity (Wildman–Crippen MR) is 83.8 cm³/mol. The van der Waals surface area contributed by atoms with E-state index >= 15 is 0 Å². The van der Waals surface area contributed by atoms with E-state index in [0.717, 1.165) is 15.2 Å². The van der Waals surface area contributed by atoms with Crippen molar-refractivity contribution in [3.63, 3.8) is 0 Å². The minimum atomic E-state index is -0.402. The molecule has 22 heavy (non-hydrogen) atoms. The number of hydrogen-bond acceptors (Lipinski definition) is 6. The third-order valence-electron chi connectivity index (χ3n) is 2.87. The standard InChI is InChI=1S/C15H18N2O4S/c1-20-9-8-16-13(18)10-21-15(19)7-6-14-17-11-4-2-3-5-12(11)22-14/h2-5H,6-10H2,1H3,(H,16,18). The Hall–Kier alpha value is -1.99. The van der Waals surface area contributed by atoms with Gasteiger partial charge in [-0.3, -0.25) is 9.59 Å². The van der Waals surface area contributed by atoms with Crippen molar-refractivity contribution in [1.29, 1.82) is 0 Å². The lowest BCUT2D eigenvalue weighted by molar-refractivity contribution is -0.148. The summed E-state index contributed by atoms with van der Waals surface area (Å²) >= 11 is 1.57. The molecule has 7 heteroatoms. The number of methoxy groups -OCH3 is 1. The van der Waals surface area contributed by atoms with E-state index in [9.17, 15) is 9.59 Å². The number of carbonyl (C=O) groups excluding carboxylic acids is 2. The van der Waals surface area contributed by atoms with E-state index in [1.54, 1.807) is 18.4 Å². The fraction of sp³-hybridized carbons (Fsp3) is 0.400. The van der Waals surface area contributed by atoms with Crippen molar-refractivity contribution < 1.29 is 19.1 Å². The highest BCUT2D eigenvalue weighted by Gasteiger charge is 2.10. The third kappa shape index (κ3) is 5.09. The van der Waals surface area contributed by atoms with Crippen LogP contribution in [0.5, 0.6) is 0 Å². The Morgan fingerprint density at radius 3 is 2.91 bits per heavy atom. The topological polar surface area (TPSA) is 77.5 Å². The fourth-order valence-corrected chi connectivity index (χ4v) is 2.76. The summed E-state index contributed by atoms with van der Waals surface area (Å²) in [7, 11) is 1.55. The van der Waals surface area contributed by atoms with Crippen LogP contribution in [0.2, 0.25) is 0 Å². The summed E-state index contributed by atoms with van der Waals surface area (Å²) in [4.78, 5) is 27.4. The Morgan fingerprint density at radius 2 is 2.14 bits per heavy atom. The van der Waals surface area contributed by atoms with E-state index in [1.807, 2.05) is 24.3 Å². The number of ether oxygens (including phenoxy) is 2. The molecule has 1 aromatic heterocycles. The molecule has 118 valence electrons. The molecule has 0 atom stereocenters. The highest BCUT2D eigenvalue weighted by Crippen LogP contribution is 2.22. The Morgan fingerprint density at radius 1 is 1.32 bits per heavy atom. The van der Waals surface area contributed by atoms with Gasteiger partial charge in [0.05, 0.1) is 28.3 Å². The number of nitrogens with zero attached hydrogens (tertiary/aromatic N) is 1. The van der Waals surface area contributed by atoms with Crippen LogP contribution in [-0.2, 0) is 25.5 Å². The number of benzene rings is 1. The number of amides is 1. The number of para-hydroxylation sites is 1. The van der Waals surface area contributed by atoms with Crippen molar-refractivity contribution in [3.05, 3.63) is 29.3 Å². The van der Waals surface area contributed by atoms with Crippen LogP contribution in [0.15, 0.2) is 24.3 Å². The van der Waals surface area contributed by atoms with Gasteiger partial charge < -0.3 is 14.8 Å². The first-order valence-electron chi connectivity index (χ1n) is 6.94. The molecule has 2 rings (SSSR count). The first-order valence-corrected chi connectivity index (χ1v) is 7.76. The SMILES string of the molecule is COCCNC(=O)COC(=O)CCc1nc2ccccc2s1. The van der Waals surface area contributed by atoms with Crippen molar-refractivity contribution in [3.8, 4) is 0 Å². The van der Waals surface area contributed by atoms with Crippen LogP contribution >= 0.6 is 11.3 Å². The summed E-state index contributed by atoms with van der Waals surface area (Å²) in [6.45, 7) is 0.568. The van der Waals surface area contributed by atoms with Gasteiger partial charge in [0.2, 0.25) is 0 Å². The van der Waals surface area contributed by atoms with Gasteiger partial charge in [0.1, 0.15) is 0 Å². The largest absolute Gasteiger partial charge is 0.456 e. The second-order valence-electron chi connectivity index (χ2n) is 4.58. The van der Waals surface area contributed by atoms with E-state index < -0.39 is 5.97 Å². The van der Waals surface area contributed by atoms with Gasteiger partial charge in [-0.2, -0.15) is 0 Å². The lowest BCUT2D eigenvalue weighted by Crippen LogP contribution is -2.31. The molecule has 0 bridgehead atoms. The molecular formula is C15H18N2O4S. The molecule has 0 radical (unpaired) electrons. The highest BCUT2D eigenvalue weighted by atomic mass is 32.1. The number of thiazole rings is 1. The van der Waals surface area contributed by atoms with Crippen molar-refractivity contribution in [2.75, 3.05) is 26.9 Å². The van der Waals surface area contributed by atoms with Gasteiger partial charge in [0.15, 0.2) is 6.61 Å². The molecule has 1 aromatic carbocycles. The normalized spacial score (nSPS) is 10.6. The maximum atomic E-state index is 11.6. The molecular weight excluding hydrogens is 304 g/mol. The molecule has 0 aliphatic rings. The first-order chi connectivity index (χ1) is 10.7. The van der Waals surface area contributed by atoms with Crippen LogP contribution in [0.4, 0.5) is 0 Å². The van der Waals surface area contributed by atoms with Crippen molar-refractivity contribution in [2.45, 2.75) is 12.8 Å². The zero-order valence-electron chi connectivity index (χ0n) is 12.3. The maximum absolute atomic E-state index is 11.6. The molecule has 2 aromatic rings.